The number of anilines is 1. The van der Waals surface area contributed by atoms with E-state index in [9.17, 15) is 14.9 Å². The molecule has 0 atom stereocenters. The number of nitro benzene ring substituents is 1. The van der Waals surface area contributed by atoms with E-state index in [0.29, 0.717) is 18.5 Å². The molecule has 0 bridgehead atoms. The van der Waals surface area contributed by atoms with Crippen molar-refractivity contribution in [3.63, 3.8) is 0 Å². The molecule has 0 unspecified atom stereocenters. The number of hydrogen-bond donors (Lipinski definition) is 1. The minimum absolute atomic E-state index is 0.0458. The second-order valence-corrected chi connectivity index (χ2v) is 4.16. The summed E-state index contributed by atoms with van der Waals surface area (Å²) in [6.07, 6.45) is 0.831. The predicted molar refractivity (Wildman–Crippen MR) is 70.4 cm³/mol. The average Bonchev–Trinajstić information content (AvgIpc) is 2.42. The number of rotatable bonds is 5. The molecule has 6 nitrogen and oxygen atoms in total. The summed E-state index contributed by atoms with van der Waals surface area (Å²) in [7, 11) is 0. The van der Waals surface area contributed by atoms with Crippen molar-refractivity contribution in [2.45, 2.75) is 26.7 Å². The summed E-state index contributed by atoms with van der Waals surface area (Å²) in [6.45, 7) is 3.56. The van der Waals surface area contributed by atoms with Crippen LogP contribution in [0.1, 0.15) is 26.7 Å². The zero-order valence-electron chi connectivity index (χ0n) is 10.8. The van der Waals surface area contributed by atoms with Crippen molar-refractivity contribution in [1.29, 1.82) is 5.26 Å². The summed E-state index contributed by atoms with van der Waals surface area (Å²) in [5, 5.41) is 22.3. The number of carbonyl (C=O) groups excluding carboxylic acids is 1. The zero-order chi connectivity index (χ0) is 14.5. The highest BCUT2D eigenvalue weighted by atomic mass is 16.6. The molecule has 1 rings (SSSR count). The monoisotopic (exact) mass is 261 g/mol. The van der Waals surface area contributed by atoms with Crippen LogP contribution >= 0.6 is 0 Å². The molecule has 0 aromatic heterocycles. The molecule has 0 spiro atoms. The Kier molecular flexibility index (Phi) is 4.59. The van der Waals surface area contributed by atoms with Gasteiger partial charge in [0.15, 0.2) is 0 Å². The summed E-state index contributed by atoms with van der Waals surface area (Å²) in [5.41, 5.74) is -0.658. The van der Waals surface area contributed by atoms with Gasteiger partial charge < -0.3 is 5.32 Å². The van der Waals surface area contributed by atoms with E-state index in [2.05, 4.69) is 5.32 Å². The maximum absolute atomic E-state index is 12.1. The molecule has 1 amide bonds. The third kappa shape index (κ3) is 3.07. The topological polar surface area (TPSA) is 96.0 Å². The van der Waals surface area contributed by atoms with Crippen molar-refractivity contribution in [2.75, 3.05) is 5.32 Å². The lowest BCUT2D eigenvalue weighted by Gasteiger charge is -2.22. The molecule has 1 N–H and O–H groups in total. The zero-order valence-corrected chi connectivity index (χ0v) is 10.8. The Labute approximate surface area is 111 Å². The van der Waals surface area contributed by atoms with Crippen molar-refractivity contribution in [3.8, 4) is 6.07 Å². The first-order valence-corrected chi connectivity index (χ1v) is 5.96. The van der Waals surface area contributed by atoms with E-state index >= 15 is 0 Å². The quantitative estimate of drug-likeness (QED) is 0.651. The Bertz CT molecular complexity index is 513. The first-order valence-electron chi connectivity index (χ1n) is 5.96. The van der Waals surface area contributed by atoms with Crippen LogP contribution in [0.2, 0.25) is 0 Å². The van der Waals surface area contributed by atoms with Crippen molar-refractivity contribution in [2.24, 2.45) is 5.41 Å². The molecule has 0 saturated carbocycles. The van der Waals surface area contributed by atoms with Gasteiger partial charge in [-0.1, -0.05) is 13.8 Å². The molecule has 0 heterocycles. The number of hydrogen-bond acceptors (Lipinski definition) is 4. The van der Waals surface area contributed by atoms with Gasteiger partial charge in [0.2, 0.25) is 5.91 Å². The molecule has 0 aliphatic rings. The fourth-order valence-electron chi connectivity index (χ4n) is 1.70. The van der Waals surface area contributed by atoms with E-state index in [1.807, 2.05) is 6.07 Å². The molecule has 100 valence electrons. The molecule has 0 radical (unpaired) electrons. The molecule has 0 fully saturated rings. The number of non-ortho nitro benzene ring substituents is 1. The maximum Gasteiger partial charge on any atom is 0.269 e. The van der Waals surface area contributed by atoms with Crippen molar-refractivity contribution in [1.82, 2.24) is 0 Å². The minimum atomic E-state index is -1.05. The van der Waals surface area contributed by atoms with Gasteiger partial charge in [0, 0.05) is 17.8 Å². The maximum atomic E-state index is 12.1. The number of nitrogens with one attached hydrogen (secondary N) is 1. The lowest BCUT2D eigenvalue weighted by molar-refractivity contribution is -0.384. The van der Waals surface area contributed by atoms with Gasteiger partial charge in [-0.2, -0.15) is 5.26 Å². The van der Waals surface area contributed by atoms with Crippen LogP contribution in [-0.4, -0.2) is 10.8 Å². The second kappa shape index (κ2) is 5.96. The summed E-state index contributed by atoms with van der Waals surface area (Å²) >= 11 is 0. The standard InChI is InChI=1S/C13H15N3O3/c1-3-13(4-2,9-14)12(17)15-10-5-7-11(8-6-10)16(18)19/h5-8H,3-4H2,1-2H3,(H,15,17). The second-order valence-electron chi connectivity index (χ2n) is 4.16. The van der Waals surface area contributed by atoms with Gasteiger partial charge in [-0.05, 0) is 25.0 Å². The van der Waals surface area contributed by atoms with Crippen molar-refractivity contribution in [3.05, 3.63) is 34.4 Å². The number of amides is 1. The van der Waals surface area contributed by atoms with Crippen LogP contribution in [0.3, 0.4) is 0 Å². The van der Waals surface area contributed by atoms with Gasteiger partial charge in [0.25, 0.3) is 5.69 Å². The summed E-state index contributed by atoms with van der Waals surface area (Å²) < 4.78 is 0. The smallest absolute Gasteiger partial charge is 0.269 e. The Hall–Kier alpha value is -2.42. The van der Waals surface area contributed by atoms with E-state index in [1.165, 1.54) is 24.3 Å². The molecular formula is C13H15N3O3. The minimum Gasteiger partial charge on any atom is -0.325 e. The number of nitro groups is 1. The van der Waals surface area contributed by atoms with E-state index in [4.69, 9.17) is 5.26 Å². The normalized spacial score (nSPS) is 10.6. The van der Waals surface area contributed by atoms with Crippen LogP contribution in [0.15, 0.2) is 24.3 Å². The summed E-state index contributed by atoms with van der Waals surface area (Å²) in [5.74, 6) is -0.381. The number of nitriles is 1. The third-order valence-electron chi connectivity index (χ3n) is 3.19. The van der Waals surface area contributed by atoms with Crippen LogP contribution in [0.4, 0.5) is 11.4 Å². The van der Waals surface area contributed by atoms with Crippen molar-refractivity contribution < 1.29 is 9.72 Å². The van der Waals surface area contributed by atoms with Crippen LogP contribution in [-0.2, 0) is 4.79 Å². The summed E-state index contributed by atoms with van der Waals surface area (Å²) in [6, 6.07) is 7.55. The van der Waals surface area contributed by atoms with Gasteiger partial charge in [0.05, 0.1) is 11.0 Å². The lowest BCUT2D eigenvalue weighted by atomic mass is 9.83. The highest BCUT2D eigenvalue weighted by Crippen LogP contribution is 2.27. The Morgan fingerprint density at radius 3 is 2.26 bits per heavy atom. The highest BCUT2D eigenvalue weighted by Gasteiger charge is 2.34. The highest BCUT2D eigenvalue weighted by molar-refractivity contribution is 5.97. The first-order chi connectivity index (χ1) is 8.99. The Morgan fingerprint density at radius 2 is 1.89 bits per heavy atom. The average molecular weight is 261 g/mol. The van der Waals surface area contributed by atoms with Crippen molar-refractivity contribution >= 4 is 17.3 Å². The van der Waals surface area contributed by atoms with Crippen LogP contribution in [0.25, 0.3) is 0 Å². The fraction of sp³-hybridized carbons (Fsp3) is 0.385. The molecule has 0 aliphatic carbocycles. The van der Waals surface area contributed by atoms with Crippen LogP contribution < -0.4 is 5.32 Å². The molecule has 0 aliphatic heterocycles. The number of carbonyl (C=O) groups is 1. The van der Waals surface area contributed by atoms with Gasteiger partial charge in [-0.3, -0.25) is 14.9 Å². The lowest BCUT2D eigenvalue weighted by Crippen LogP contribution is -2.33. The molecular weight excluding hydrogens is 246 g/mol. The predicted octanol–water partition coefficient (Wildman–Crippen LogP) is 2.86. The summed E-state index contributed by atoms with van der Waals surface area (Å²) in [4.78, 5) is 22.1. The van der Waals surface area contributed by atoms with E-state index in [1.54, 1.807) is 13.8 Å². The molecule has 1 aromatic carbocycles. The largest absolute Gasteiger partial charge is 0.325 e. The van der Waals surface area contributed by atoms with E-state index < -0.39 is 10.3 Å². The van der Waals surface area contributed by atoms with Gasteiger partial charge in [-0.15, -0.1) is 0 Å². The SMILES string of the molecule is CCC(C#N)(CC)C(=O)Nc1ccc([N+](=O)[O-])cc1. The van der Waals surface area contributed by atoms with Gasteiger partial charge in [-0.25, -0.2) is 0 Å². The molecule has 0 saturated heterocycles. The molecule has 6 heteroatoms. The van der Waals surface area contributed by atoms with Gasteiger partial charge >= 0.3 is 0 Å². The van der Waals surface area contributed by atoms with Crippen LogP contribution in [0.5, 0.6) is 0 Å². The number of nitrogens with zero attached hydrogens (tertiary/aromatic N) is 2. The van der Waals surface area contributed by atoms with E-state index in [-0.39, 0.29) is 11.6 Å². The number of benzene rings is 1. The third-order valence-corrected chi connectivity index (χ3v) is 3.19. The molecule has 1 aromatic rings. The fourth-order valence-corrected chi connectivity index (χ4v) is 1.70. The Balaban J connectivity index is 2.88. The first kappa shape index (κ1) is 14.6. The molecule has 19 heavy (non-hydrogen) atoms. The van der Waals surface area contributed by atoms with Crippen LogP contribution in [0, 0.1) is 26.9 Å². The van der Waals surface area contributed by atoms with E-state index in [0.717, 1.165) is 0 Å². The Morgan fingerprint density at radius 1 is 1.37 bits per heavy atom. The van der Waals surface area contributed by atoms with Gasteiger partial charge in [0.1, 0.15) is 5.41 Å².